The zero-order valence-electron chi connectivity index (χ0n) is 20.0. The molecule has 0 bridgehead atoms. The number of amides is 1. The fraction of sp³-hybridized carbons (Fsp3) is 0.185. The second kappa shape index (κ2) is 9.69. The lowest BCUT2D eigenvalue weighted by Crippen LogP contribution is -2.18. The molecule has 0 saturated heterocycles. The maximum absolute atomic E-state index is 13.0. The summed E-state index contributed by atoms with van der Waals surface area (Å²) >= 11 is 0. The van der Waals surface area contributed by atoms with Crippen molar-refractivity contribution < 1.29 is 4.79 Å². The second-order valence-electron chi connectivity index (χ2n) is 8.60. The average Bonchev–Trinajstić information content (AvgIpc) is 2.90. The minimum atomic E-state index is -0.791. The number of nitrogens with zero attached hydrogens (tertiary/aromatic N) is 5. The summed E-state index contributed by atoms with van der Waals surface area (Å²) in [6.45, 7) is 5.53. The van der Waals surface area contributed by atoms with Crippen LogP contribution in [0, 0.1) is 18.3 Å². The summed E-state index contributed by atoms with van der Waals surface area (Å²) in [5, 5.41) is 15.4. The van der Waals surface area contributed by atoms with Crippen molar-refractivity contribution in [2.45, 2.75) is 26.2 Å². The van der Waals surface area contributed by atoms with Gasteiger partial charge in [-0.05, 0) is 68.8 Å². The standard InChI is InChI=1S/C27H25N7O/c1-17-5-6-20(33-26(35)19-8-10-30-23(13-19)27(2,3)16-28)15-21(17)22-9-12-32-25(34-22)18-7-11-31-24(14-18)29-4/h5-15H,1-4H3,(H,29,31)(H,33,35). The van der Waals surface area contributed by atoms with E-state index < -0.39 is 5.41 Å². The van der Waals surface area contributed by atoms with Crippen molar-refractivity contribution >= 4 is 17.4 Å². The highest BCUT2D eigenvalue weighted by Gasteiger charge is 2.22. The van der Waals surface area contributed by atoms with Crippen molar-refractivity contribution in [3.8, 4) is 28.7 Å². The summed E-state index contributed by atoms with van der Waals surface area (Å²) in [5.41, 5.74) is 4.31. The maximum Gasteiger partial charge on any atom is 0.255 e. The molecule has 0 spiro atoms. The first-order chi connectivity index (χ1) is 16.8. The van der Waals surface area contributed by atoms with E-state index in [0.29, 0.717) is 22.8 Å². The van der Waals surface area contributed by atoms with Crippen LogP contribution < -0.4 is 10.6 Å². The number of hydrogen-bond donors (Lipinski definition) is 2. The maximum atomic E-state index is 13.0. The van der Waals surface area contributed by atoms with E-state index in [-0.39, 0.29) is 5.91 Å². The molecule has 174 valence electrons. The van der Waals surface area contributed by atoms with Crippen molar-refractivity contribution in [2.24, 2.45) is 0 Å². The monoisotopic (exact) mass is 463 g/mol. The van der Waals surface area contributed by atoms with Crippen molar-refractivity contribution in [1.29, 1.82) is 5.26 Å². The third-order valence-corrected chi connectivity index (χ3v) is 5.64. The van der Waals surface area contributed by atoms with E-state index in [4.69, 9.17) is 4.98 Å². The molecule has 8 heteroatoms. The Morgan fingerprint density at radius 2 is 1.74 bits per heavy atom. The Morgan fingerprint density at radius 1 is 0.971 bits per heavy atom. The van der Waals surface area contributed by atoms with E-state index in [2.05, 4.69) is 31.7 Å². The molecule has 0 radical (unpaired) electrons. The highest BCUT2D eigenvalue weighted by Crippen LogP contribution is 2.28. The lowest BCUT2D eigenvalue weighted by molar-refractivity contribution is 0.102. The zero-order chi connectivity index (χ0) is 25.0. The summed E-state index contributed by atoms with van der Waals surface area (Å²) in [5.74, 6) is 1.03. The SMILES string of the molecule is CNc1cc(-c2nccc(-c3cc(NC(=O)c4ccnc(C(C)(C)C#N)c4)ccc3C)n2)ccn1. The molecule has 0 aliphatic carbocycles. The molecule has 3 heterocycles. The molecule has 0 unspecified atom stereocenters. The molecule has 8 nitrogen and oxygen atoms in total. The van der Waals surface area contributed by atoms with E-state index in [1.807, 2.05) is 50.4 Å². The van der Waals surface area contributed by atoms with E-state index in [1.165, 1.54) is 0 Å². The Kier molecular flexibility index (Phi) is 6.51. The summed E-state index contributed by atoms with van der Waals surface area (Å²) in [4.78, 5) is 30.6. The van der Waals surface area contributed by atoms with Crippen LogP contribution in [0.4, 0.5) is 11.5 Å². The number of aromatic nitrogens is 4. The van der Waals surface area contributed by atoms with Gasteiger partial charge in [-0.15, -0.1) is 0 Å². The van der Waals surface area contributed by atoms with Gasteiger partial charge >= 0.3 is 0 Å². The Hall–Kier alpha value is -4.64. The predicted molar refractivity (Wildman–Crippen MR) is 136 cm³/mol. The first kappa shape index (κ1) is 23.5. The molecular formula is C27H25N7O. The number of pyridine rings is 2. The lowest BCUT2D eigenvalue weighted by atomic mass is 9.90. The van der Waals surface area contributed by atoms with Gasteiger partial charge in [0.25, 0.3) is 5.91 Å². The van der Waals surface area contributed by atoms with Gasteiger partial charge in [0.05, 0.1) is 22.9 Å². The Balaban J connectivity index is 1.62. The van der Waals surface area contributed by atoms with Crippen LogP contribution in [0.15, 0.2) is 67.1 Å². The number of anilines is 2. The Labute approximate surface area is 204 Å². The molecule has 4 rings (SSSR count). The average molecular weight is 464 g/mol. The number of rotatable bonds is 6. The van der Waals surface area contributed by atoms with Gasteiger partial charge in [0.2, 0.25) is 0 Å². The second-order valence-corrected chi connectivity index (χ2v) is 8.60. The molecule has 0 aliphatic rings. The fourth-order valence-corrected chi connectivity index (χ4v) is 3.50. The van der Waals surface area contributed by atoms with Gasteiger partial charge in [0.1, 0.15) is 5.82 Å². The molecule has 0 fully saturated rings. The normalized spacial score (nSPS) is 10.9. The van der Waals surface area contributed by atoms with Crippen LogP contribution in [0.25, 0.3) is 22.6 Å². The number of benzene rings is 1. The van der Waals surface area contributed by atoms with Gasteiger partial charge in [-0.2, -0.15) is 5.26 Å². The van der Waals surface area contributed by atoms with Gasteiger partial charge in [-0.1, -0.05) is 6.07 Å². The minimum absolute atomic E-state index is 0.281. The number of nitrogens with one attached hydrogen (secondary N) is 2. The molecule has 35 heavy (non-hydrogen) atoms. The number of aryl methyl sites for hydroxylation is 1. The third kappa shape index (κ3) is 5.14. The van der Waals surface area contributed by atoms with E-state index >= 15 is 0 Å². The first-order valence-electron chi connectivity index (χ1n) is 11.1. The van der Waals surface area contributed by atoms with Gasteiger partial charge in [-0.25, -0.2) is 15.0 Å². The quantitative estimate of drug-likeness (QED) is 0.413. The molecule has 0 aliphatic heterocycles. The number of carbonyl (C=O) groups excluding carboxylic acids is 1. The van der Waals surface area contributed by atoms with Gasteiger partial charge in [0, 0.05) is 48.0 Å². The molecular weight excluding hydrogens is 438 g/mol. The molecule has 0 saturated carbocycles. The van der Waals surface area contributed by atoms with Crippen molar-refractivity contribution in [3.05, 3.63) is 83.9 Å². The zero-order valence-corrected chi connectivity index (χ0v) is 20.0. The highest BCUT2D eigenvalue weighted by atomic mass is 16.1. The number of hydrogen-bond acceptors (Lipinski definition) is 7. The predicted octanol–water partition coefficient (Wildman–Crippen LogP) is 5.00. The van der Waals surface area contributed by atoms with E-state index in [9.17, 15) is 10.1 Å². The van der Waals surface area contributed by atoms with Crippen LogP contribution in [0.5, 0.6) is 0 Å². The molecule has 1 aromatic carbocycles. The fourth-order valence-electron chi connectivity index (χ4n) is 3.50. The minimum Gasteiger partial charge on any atom is -0.373 e. The molecule has 3 aromatic heterocycles. The molecule has 1 amide bonds. The third-order valence-electron chi connectivity index (χ3n) is 5.64. The molecule has 2 N–H and O–H groups in total. The summed E-state index contributed by atoms with van der Waals surface area (Å²) < 4.78 is 0. The van der Waals surface area contributed by atoms with Crippen LogP contribution in [-0.2, 0) is 5.41 Å². The van der Waals surface area contributed by atoms with E-state index in [1.54, 1.807) is 44.6 Å². The summed E-state index contributed by atoms with van der Waals surface area (Å²) in [7, 11) is 1.81. The van der Waals surface area contributed by atoms with Gasteiger partial charge < -0.3 is 10.6 Å². The first-order valence-corrected chi connectivity index (χ1v) is 11.1. The Bertz CT molecular complexity index is 1440. The van der Waals surface area contributed by atoms with Crippen molar-refractivity contribution in [3.63, 3.8) is 0 Å². The van der Waals surface area contributed by atoms with Gasteiger partial charge in [-0.3, -0.25) is 9.78 Å². The smallest absolute Gasteiger partial charge is 0.255 e. The highest BCUT2D eigenvalue weighted by molar-refractivity contribution is 6.04. The lowest BCUT2D eigenvalue weighted by Gasteiger charge is -2.15. The van der Waals surface area contributed by atoms with Crippen molar-refractivity contribution in [2.75, 3.05) is 17.7 Å². The van der Waals surface area contributed by atoms with Crippen LogP contribution in [0.3, 0.4) is 0 Å². The van der Waals surface area contributed by atoms with Gasteiger partial charge in [0.15, 0.2) is 5.82 Å². The largest absolute Gasteiger partial charge is 0.373 e. The summed E-state index contributed by atoms with van der Waals surface area (Å²) in [6, 6.07) is 16.8. The number of carbonyl (C=O) groups is 1. The molecule has 0 atom stereocenters. The van der Waals surface area contributed by atoms with Crippen LogP contribution in [0.1, 0.15) is 35.5 Å². The van der Waals surface area contributed by atoms with Crippen LogP contribution >= 0.6 is 0 Å². The van der Waals surface area contributed by atoms with Crippen LogP contribution in [-0.4, -0.2) is 32.9 Å². The van der Waals surface area contributed by atoms with Crippen molar-refractivity contribution in [1.82, 2.24) is 19.9 Å². The topological polar surface area (TPSA) is 116 Å². The van der Waals surface area contributed by atoms with Crippen LogP contribution in [0.2, 0.25) is 0 Å². The van der Waals surface area contributed by atoms with E-state index in [0.717, 1.165) is 28.2 Å². The Morgan fingerprint density at radius 3 is 2.51 bits per heavy atom. The summed E-state index contributed by atoms with van der Waals surface area (Å²) in [6.07, 6.45) is 4.98. The number of nitriles is 1. The molecule has 4 aromatic rings.